The second kappa shape index (κ2) is 17.8. The molecule has 0 aromatic rings. The number of hydrogen-bond acceptors (Lipinski definition) is 3. The summed E-state index contributed by atoms with van der Waals surface area (Å²) in [7, 11) is 0. The standard InChI is InChI=1S/C23H45NO2/c1-2-3-4-5-6-7-8-9-10-11-12-13-14-15-17-20-23(25)26-24-21-18-16-19-22-24/h2-22H2,1H3. The van der Waals surface area contributed by atoms with Crippen molar-refractivity contribution < 1.29 is 9.63 Å². The highest BCUT2D eigenvalue weighted by Crippen LogP contribution is 2.14. The summed E-state index contributed by atoms with van der Waals surface area (Å²) >= 11 is 0. The highest BCUT2D eigenvalue weighted by atomic mass is 16.7. The molecule has 1 heterocycles. The molecule has 1 aliphatic heterocycles. The summed E-state index contributed by atoms with van der Waals surface area (Å²) < 4.78 is 0. The molecule has 0 saturated carbocycles. The van der Waals surface area contributed by atoms with E-state index in [0.717, 1.165) is 32.4 Å². The molecule has 26 heavy (non-hydrogen) atoms. The topological polar surface area (TPSA) is 29.5 Å². The van der Waals surface area contributed by atoms with Crippen LogP contribution in [0.4, 0.5) is 0 Å². The molecule has 0 amide bonds. The number of piperidine rings is 1. The largest absolute Gasteiger partial charge is 0.368 e. The Labute approximate surface area is 163 Å². The van der Waals surface area contributed by atoms with E-state index in [1.165, 1.54) is 96.3 Å². The van der Waals surface area contributed by atoms with E-state index in [4.69, 9.17) is 4.84 Å². The zero-order valence-corrected chi connectivity index (χ0v) is 17.6. The molecule has 0 unspecified atom stereocenters. The summed E-state index contributed by atoms with van der Waals surface area (Å²) in [4.78, 5) is 17.2. The van der Waals surface area contributed by atoms with E-state index in [1.807, 2.05) is 5.06 Å². The monoisotopic (exact) mass is 367 g/mol. The normalized spacial score (nSPS) is 15.3. The average Bonchev–Trinajstić information content (AvgIpc) is 2.65. The van der Waals surface area contributed by atoms with Gasteiger partial charge in [-0.1, -0.05) is 103 Å². The Balaban J connectivity index is 1.73. The van der Waals surface area contributed by atoms with Gasteiger partial charge in [0.05, 0.1) is 0 Å². The number of hydroxylamine groups is 2. The van der Waals surface area contributed by atoms with E-state index in [9.17, 15) is 4.79 Å². The molecule has 0 radical (unpaired) electrons. The molecule has 3 heteroatoms. The fourth-order valence-corrected chi connectivity index (χ4v) is 3.79. The minimum atomic E-state index is -0.0263. The first-order valence-corrected chi connectivity index (χ1v) is 11.8. The first kappa shape index (κ1) is 23.5. The maximum absolute atomic E-state index is 11.8. The molecule has 0 spiro atoms. The van der Waals surface area contributed by atoms with Crippen LogP contribution < -0.4 is 0 Å². The SMILES string of the molecule is CCCCCCCCCCCCCCCCCC(=O)ON1CCCCC1. The van der Waals surface area contributed by atoms with Crippen molar-refractivity contribution in [3.63, 3.8) is 0 Å². The first-order valence-electron chi connectivity index (χ1n) is 11.8. The van der Waals surface area contributed by atoms with Crippen molar-refractivity contribution in [2.75, 3.05) is 13.1 Å². The van der Waals surface area contributed by atoms with Crippen LogP contribution >= 0.6 is 0 Å². The van der Waals surface area contributed by atoms with Gasteiger partial charge in [0.2, 0.25) is 0 Å². The lowest BCUT2D eigenvalue weighted by molar-refractivity contribution is -0.194. The van der Waals surface area contributed by atoms with Gasteiger partial charge in [0, 0.05) is 19.5 Å². The summed E-state index contributed by atoms with van der Waals surface area (Å²) in [6.45, 7) is 4.12. The fourth-order valence-electron chi connectivity index (χ4n) is 3.79. The molecular formula is C23H45NO2. The average molecular weight is 368 g/mol. The van der Waals surface area contributed by atoms with Gasteiger partial charge in [-0.25, -0.2) is 0 Å². The van der Waals surface area contributed by atoms with Crippen molar-refractivity contribution >= 4 is 5.97 Å². The Hall–Kier alpha value is -0.570. The lowest BCUT2D eigenvalue weighted by atomic mass is 10.0. The lowest BCUT2D eigenvalue weighted by Crippen LogP contribution is -2.32. The van der Waals surface area contributed by atoms with E-state index in [0.29, 0.717) is 6.42 Å². The Bertz CT molecular complexity index is 313. The molecule has 1 fully saturated rings. The van der Waals surface area contributed by atoms with Gasteiger partial charge in [0.25, 0.3) is 0 Å². The van der Waals surface area contributed by atoms with Crippen molar-refractivity contribution in [1.29, 1.82) is 0 Å². The van der Waals surface area contributed by atoms with Crippen molar-refractivity contribution in [1.82, 2.24) is 5.06 Å². The van der Waals surface area contributed by atoms with Crippen molar-refractivity contribution in [2.45, 2.75) is 129 Å². The summed E-state index contributed by atoms with van der Waals surface area (Å²) in [5, 5.41) is 1.86. The molecule has 0 N–H and O–H groups in total. The zero-order chi connectivity index (χ0) is 18.7. The molecular weight excluding hydrogens is 322 g/mol. The number of unbranched alkanes of at least 4 members (excludes halogenated alkanes) is 14. The molecule has 0 bridgehead atoms. The minimum Gasteiger partial charge on any atom is -0.368 e. The summed E-state index contributed by atoms with van der Waals surface area (Å²) in [5.74, 6) is -0.0263. The van der Waals surface area contributed by atoms with Gasteiger partial charge < -0.3 is 4.84 Å². The molecule has 0 aromatic carbocycles. The van der Waals surface area contributed by atoms with Gasteiger partial charge in [-0.2, -0.15) is 0 Å². The van der Waals surface area contributed by atoms with Crippen LogP contribution in [0.2, 0.25) is 0 Å². The van der Waals surface area contributed by atoms with E-state index in [1.54, 1.807) is 0 Å². The van der Waals surface area contributed by atoms with E-state index in [2.05, 4.69) is 6.92 Å². The third-order valence-corrected chi connectivity index (χ3v) is 5.53. The van der Waals surface area contributed by atoms with Crippen LogP contribution in [0.1, 0.15) is 129 Å². The Morgan fingerprint density at radius 3 is 1.54 bits per heavy atom. The van der Waals surface area contributed by atoms with Crippen LogP contribution in [0.5, 0.6) is 0 Å². The Morgan fingerprint density at radius 2 is 1.08 bits per heavy atom. The predicted molar refractivity (Wildman–Crippen MR) is 111 cm³/mol. The minimum absolute atomic E-state index is 0.0263. The molecule has 3 nitrogen and oxygen atoms in total. The second-order valence-electron chi connectivity index (χ2n) is 8.15. The molecule has 1 aliphatic rings. The quantitative estimate of drug-likeness (QED) is 0.255. The van der Waals surface area contributed by atoms with Gasteiger partial charge in [-0.3, -0.25) is 4.79 Å². The van der Waals surface area contributed by atoms with Gasteiger partial charge in [0.1, 0.15) is 0 Å². The number of hydrogen-bond donors (Lipinski definition) is 0. The predicted octanol–water partition coefficient (Wildman–Crippen LogP) is 7.19. The fraction of sp³-hybridized carbons (Fsp3) is 0.957. The molecule has 0 aliphatic carbocycles. The van der Waals surface area contributed by atoms with Gasteiger partial charge >= 0.3 is 5.97 Å². The molecule has 1 saturated heterocycles. The molecule has 0 aromatic heterocycles. The smallest absolute Gasteiger partial charge is 0.325 e. The highest BCUT2D eigenvalue weighted by Gasteiger charge is 2.14. The maximum Gasteiger partial charge on any atom is 0.325 e. The highest BCUT2D eigenvalue weighted by molar-refractivity contribution is 5.68. The van der Waals surface area contributed by atoms with Crippen molar-refractivity contribution in [3.8, 4) is 0 Å². The summed E-state index contributed by atoms with van der Waals surface area (Å²) in [6.07, 6.45) is 24.5. The summed E-state index contributed by atoms with van der Waals surface area (Å²) in [5.41, 5.74) is 0. The van der Waals surface area contributed by atoms with Crippen molar-refractivity contribution in [2.24, 2.45) is 0 Å². The van der Waals surface area contributed by atoms with Crippen LogP contribution in [0, 0.1) is 0 Å². The second-order valence-corrected chi connectivity index (χ2v) is 8.15. The number of nitrogens with zero attached hydrogens (tertiary/aromatic N) is 1. The van der Waals surface area contributed by atoms with Gasteiger partial charge in [-0.15, -0.1) is 5.06 Å². The van der Waals surface area contributed by atoms with E-state index >= 15 is 0 Å². The van der Waals surface area contributed by atoms with Crippen LogP contribution in [0.15, 0.2) is 0 Å². The van der Waals surface area contributed by atoms with E-state index in [-0.39, 0.29) is 5.97 Å². The van der Waals surface area contributed by atoms with E-state index < -0.39 is 0 Å². The van der Waals surface area contributed by atoms with Crippen LogP contribution in [0.3, 0.4) is 0 Å². The number of rotatable bonds is 17. The molecule has 154 valence electrons. The Kier molecular flexibility index (Phi) is 16.1. The van der Waals surface area contributed by atoms with Crippen LogP contribution in [-0.2, 0) is 9.63 Å². The van der Waals surface area contributed by atoms with Crippen LogP contribution in [0.25, 0.3) is 0 Å². The maximum atomic E-state index is 11.8. The van der Waals surface area contributed by atoms with Crippen molar-refractivity contribution in [3.05, 3.63) is 0 Å². The number of carbonyl (C=O) groups excluding carboxylic acids is 1. The van der Waals surface area contributed by atoms with Crippen LogP contribution in [-0.4, -0.2) is 24.1 Å². The third kappa shape index (κ3) is 14.6. The lowest BCUT2D eigenvalue weighted by Gasteiger charge is -2.24. The Morgan fingerprint density at radius 1 is 0.654 bits per heavy atom. The summed E-state index contributed by atoms with van der Waals surface area (Å²) in [6, 6.07) is 0. The zero-order valence-electron chi connectivity index (χ0n) is 17.6. The third-order valence-electron chi connectivity index (χ3n) is 5.53. The molecule has 0 atom stereocenters. The van der Waals surface area contributed by atoms with Gasteiger partial charge in [-0.05, 0) is 19.3 Å². The van der Waals surface area contributed by atoms with Gasteiger partial charge in [0.15, 0.2) is 0 Å². The number of carbonyl (C=O) groups is 1. The first-order chi connectivity index (χ1) is 12.8. The molecule has 1 rings (SSSR count).